The Morgan fingerprint density at radius 3 is 2.64 bits per heavy atom. The SMILES string of the molecule is CC(OC(=O)/C=C/c1ccco1)C(=O)Nc1cccc(C(F)(F)F)c1. The lowest BCUT2D eigenvalue weighted by molar-refractivity contribution is -0.148. The van der Waals surface area contributed by atoms with Gasteiger partial charge in [-0.25, -0.2) is 4.79 Å². The van der Waals surface area contributed by atoms with Gasteiger partial charge in [0.1, 0.15) is 5.76 Å². The second-order valence-electron chi connectivity index (χ2n) is 5.00. The average molecular weight is 353 g/mol. The Bertz CT molecular complexity index is 766. The number of nitrogens with one attached hydrogen (secondary N) is 1. The van der Waals surface area contributed by atoms with Crippen molar-refractivity contribution in [1.82, 2.24) is 0 Å². The first-order valence-electron chi connectivity index (χ1n) is 7.16. The van der Waals surface area contributed by atoms with E-state index in [1.807, 2.05) is 0 Å². The van der Waals surface area contributed by atoms with Gasteiger partial charge in [0.05, 0.1) is 11.8 Å². The fraction of sp³-hybridized carbons (Fsp3) is 0.176. The summed E-state index contributed by atoms with van der Waals surface area (Å²) in [4.78, 5) is 23.5. The molecule has 0 saturated carbocycles. The van der Waals surface area contributed by atoms with Crippen molar-refractivity contribution in [1.29, 1.82) is 0 Å². The van der Waals surface area contributed by atoms with E-state index in [1.54, 1.807) is 12.1 Å². The number of rotatable bonds is 5. The molecule has 1 heterocycles. The van der Waals surface area contributed by atoms with Gasteiger partial charge in [-0.05, 0) is 43.3 Å². The molecule has 8 heteroatoms. The van der Waals surface area contributed by atoms with Gasteiger partial charge < -0.3 is 14.5 Å². The number of carbonyl (C=O) groups excluding carboxylic acids is 2. The first kappa shape index (κ1) is 18.3. The van der Waals surface area contributed by atoms with E-state index in [-0.39, 0.29) is 5.69 Å². The average Bonchev–Trinajstić information content (AvgIpc) is 3.05. The number of hydrogen-bond acceptors (Lipinski definition) is 4. The molecule has 25 heavy (non-hydrogen) atoms. The minimum atomic E-state index is -4.52. The van der Waals surface area contributed by atoms with Crippen LogP contribution >= 0.6 is 0 Å². The molecule has 0 aliphatic carbocycles. The van der Waals surface area contributed by atoms with Gasteiger partial charge in [-0.15, -0.1) is 0 Å². The lowest BCUT2D eigenvalue weighted by Gasteiger charge is -2.13. The fourth-order valence-electron chi connectivity index (χ4n) is 1.82. The Balaban J connectivity index is 1.93. The van der Waals surface area contributed by atoms with Crippen molar-refractivity contribution in [3.63, 3.8) is 0 Å². The second kappa shape index (κ2) is 7.69. The number of benzene rings is 1. The first-order chi connectivity index (χ1) is 11.8. The summed E-state index contributed by atoms with van der Waals surface area (Å²) < 4.78 is 47.8. The number of furan rings is 1. The Morgan fingerprint density at radius 2 is 2.00 bits per heavy atom. The quantitative estimate of drug-likeness (QED) is 0.654. The van der Waals surface area contributed by atoms with Crippen molar-refractivity contribution in [3.8, 4) is 0 Å². The normalized spacial score (nSPS) is 12.8. The molecule has 0 spiro atoms. The maximum absolute atomic E-state index is 12.6. The van der Waals surface area contributed by atoms with Crippen LogP contribution in [0.5, 0.6) is 0 Å². The van der Waals surface area contributed by atoms with E-state index in [4.69, 9.17) is 9.15 Å². The van der Waals surface area contributed by atoms with Crippen LogP contribution in [0.25, 0.3) is 6.08 Å². The Kier molecular flexibility index (Phi) is 5.63. The molecule has 1 atom stereocenters. The number of halogens is 3. The third-order valence-corrected chi connectivity index (χ3v) is 3.05. The predicted octanol–water partition coefficient (Wildman–Crippen LogP) is 3.88. The van der Waals surface area contributed by atoms with Crippen molar-refractivity contribution in [3.05, 3.63) is 60.1 Å². The van der Waals surface area contributed by atoms with Crippen molar-refractivity contribution in [2.75, 3.05) is 5.32 Å². The zero-order valence-corrected chi connectivity index (χ0v) is 13.0. The molecule has 0 bridgehead atoms. The monoisotopic (exact) mass is 353 g/mol. The summed E-state index contributed by atoms with van der Waals surface area (Å²) in [5.74, 6) is -1.11. The standard InChI is InChI=1S/C17H14F3NO4/c1-11(25-15(22)8-7-14-6-3-9-24-14)16(23)21-13-5-2-4-12(10-13)17(18,19)20/h2-11H,1H3,(H,21,23)/b8-7+. The number of anilines is 1. The highest BCUT2D eigenvalue weighted by molar-refractivity contribution is 5.96. The third kappa shape index (κ3) is 5.52. The number of ether oxygens (including phenoxy) is 1. The van der Waals surface area contributed by atoms with Crippen molar-refractivity contribution in [2.45, 2.75) is 19.2 Å². The zero-order chi connectivity index (χ0) is 18.4. The van der Waals surface area contributed by atoms with Crippen LogP contribution in [-0.2, 0) is 20.5 Å². The highest BCUT2D eigenvalue weighted by Gasteiger charge is 2.30. The van der Waals surface area contributed by atoms with E-state index in [2.05, 4.69) is 5.32 Å². The van der Waals surface area contributed by atoms with E-state index in [9.17, 15) is 22.8 Å². The molecule has 2 rings (SSSR count). The second-order valence-corrected chi connectivity index (χ2v) is 5.00. The molecule has 5 nitrogen and oxygen atoms in total. The molecule has 1 N–H and O–H groups in total. The first-order valence-corrected chi connectivity index (χ1v) is 7.16. The molecule has 0 radical (unpaired) electrons. The number of carbonyl (C=O) groups is 2. The topological polar surface area (TPSA) is 68.5 Å². The van der Waals surface area contributed by atoms with Crippen molar-refractivity contribution in [2.24, 2.45) is 0 Å². The molecule has 0 fully saturated rings. The smallest absolute Gasteiger partial charge is 0.416 e. The van der Waals surface area contributed by atoms with Gasteiger partial charge in [0.15, 0.2) is 6.10 Å². The van der Waals surface area contributed by atoms with Crippen molar-refractivity contribution >= 4 is 23.6 Å². The third-order valence-electron chi connectivity index (χ3n) is 3.05. The molecule has 2 aromatic rings. The molecule has 1 aromatic carbocycles. The van der Waals surface area contributed by atoms with Gasteiger partial charge in [0.25, 0.3) is 5.91 Å². The summed E-state index contributed by atoms with van der Waals surface area (Å²) in [7, 11) is 0. The van der Waals surface area contributed by atoms with Crippen LogP contribution in [0.1, 0.15) is 18.2 Å². The molecule has 1 unspecified atom stereocenters. The molecule has 0 aliphatic heterocycles. The summed E-state index contributed by atoms with van der Waals surface area (Å²) in [6.45, 7) is 1.31. The van der Waals surface area contributed by atoms with Gasteiger partial charge in [0, 0.05) is 11.8 Å². The minimum absolute atomic E-state index is 0.0474. The fourth-order valence-corrected chi connectivity index (χ4v) is 1.82. The Labute approximate surface area is 141 Å². The van der Waals surface area contributed by atoms with E-state index in [0.29, 0.717) is 5.76 Å². The molecule has 0 saturated heterocycles. The minimum Gasteiger partial charge on any atom is -0.465 e. The van der Waals surface area contributed by atoms with Gasteiger partial charge >= 0.3 is 12.1 Å². The van der Waals surface area contributed by atoms with Crippen LogP contribution in [0.3, 0.4) is 0 Å². The molecule has 0 aliphatic rings. The van der Waals surface area contributed by atoms with Gasteiger partial charge in [-0.3, -0.25) is 4.79 Å². The van der Waals surface area contributed by atoms with E-state index in [1.165, 1.54) is 31.4 Å². The highest BCUT2D eigenvalue weighted by atomic mass is 19.4. The van der Waals surface area contributed by atoms with Crippen LogP contribution in [0.4, 0.5) is 18.9 Å². The zero-order valence-electron chi connectivity index (χ0n) is 13.0. The van der Waals surface area contributed by atoms with Crippen LogP contribution < -0.4 is 5.32 Å². The van der Waals surface area contributed by atoms with Gasteiger partial charge in [-0.1, -0.05) is 6.07 Å². The highest BCUT2D eigenvalue weighted by Crippen LogP contribution is 2.30. The molecule has 132 valence electrons. The summed E-state index contributed by atoms with van der Waals surface area (Å²) in [6.07, 6.45) is -1.85. The van der Waals surface area contributed by atoms with E-state index in [0.717, 1.165) is 18.2 Å². The number of amides is 1. The maximum Gasteiger partial charge on any atom is 0.416 e. The summed E-state index contributed by atoms with van der Waals surface area (Å²) in [5.41, 5.74) is -0.940. The van der Waals surface area contributed by atoms with Crippen LogP contribution in [-0.4, -0.2) is 18.0 Å². The predicted molar refractivity (Wildman–Crippen MR) is 83.4 cm³/mol. The van der Waals surface area contributed by atoms with Gasteiger partial charge in [0.2, 0.25) is 0 Å². The lowest BCUT2D eigenvalue weighted by Crippen LogP contribution is -2.29. The largest absolute Gasteiger partial charge is 0.465 e. The number of hydrogen-bond donors (Lipinski definition) is 1. The summed E-state index contributed by atoms with van der Waals surface area (Å²) in [5, 5.41) is 2.27. The van der Waals surface area contributed by atoms with E-state index < -0.39 is 29.7 Å². The van der Waals surface area contributed by atoms with Crippen LogP contribution in [0, 0.1) is 0 Å². The lowest BCUT2D eigenvalue weighted by atomic mass is 10.2. The Hall–Kier alpha value is -3.03. The summed E-state index contributed by atoms with van der Waals surface area (Å²) >= 11 is 0. The summed E-state index contributed by atoms with van der Waals surface area (Å²) in [6, 6.07) is 7.41. The maximum atomic E-state index is 12.6. The van der Waals surface area contributed by atoms with Crippen molar-refractivity contribution < 1.29 is 31.9 Å². The van der Waals surface area contributed by atoms with Gasteiger partial charge in [-0.2, -0.15) is 13.2 Å². The van der Waals surface area contributed by atoms with Crippen LogP contribution in [0.2, 0.25) is 0 Å². The van der Waals surface area contributed by atoms with E-state index >= 15 is 0 Å². The molecular formula is C17H14F3NO4. The Morgan fingerprint density at radius 1 is 1.24 bits per heavy atom. The molecular weight excluding hydrogens is 339 g/mol. The number of alkyl halides is 3. The molecule has 1 aromatic heterocycles. The molecule has 1 amide bonds. The van der Waals surface area contributed by atoms with Crippen LogP contribution in [0.15, 0.2) is 53.2 Å². The number of esters is 1.